The molecule has 8 nitrogen and oxygen atoms in total. The third-order valence-corrected chi connectivity index (χ3v) is 4.72. The van der Waals surface area contributed by atoms with Crippen LogP contribution in [0.4, 0.5) is 5.82 Å². The zero-order valence-corrected chi connectivity index (χ0v) is 14.9. The number of aromatic nitrogens is 3. The standard InChI is InChI=1S/C19H19N5O3/c1-27-15-4-2-3-14-17(15)21-12-22-18(14)23-7-9-24(10-8-23)19(26)13-5-6-16(25)20-11-13/h2-6,11-12H,7-10H2,1H3,(H,20,25). The molecule has 8 heteroatoms. The van der Waals surface area contributed by atoms with Crippen molar-refractivity contribution in [1.82, 2.24) is 19.9 Å². The molecule has 1 fully saturated rings. The second-order valence-corrected chi connectivity index (χ2v) is 6.27. The van der Waals surface area contributed by atoms with Crippen molar-refractivity contribution in [2.45, 2.75) is 0 Å². The van der Waals surface area contributed by atoms with E-state index in [1.54, 1.807) is 18.1 Å². The number of aromatic amines is 1. The maximum Gasteiger partial charge on any atom is 0.255 e. The number of amides is 1. The summed E-state index contributed by atoms with van der Waals surface area (Å²) < 4.78 is 5.39. The third-order valence-electron chi connectivity index (χ3n) is 4.72. The number of carbonyl (C=O) groups excluding carboxylic acids is 1. The molecule has 4 rings (SSSR count). The number of piperazine rings is 1. The molecule has 0 atom stereocenters. The lowest BCUT2D eigenvalue weighted by Crippen LogP contribution is -2.49. The Morgan fingerprint density at radius 3 is 2.63 bits per heavy atom. The molecule has 1 saturated heterocycles. The Hall–Kier alpha value is -3.42. The molecule has 1 amide bonds. The third kappa shape index (κ3) is 3.21. The van der Waals surface area contributed by atoms with Crippen molar-refractivity contribution in [2.75, 3.05) is 38.2 Å². The summed E-state index contributed by atoms with van der Waals surface area (Å²) in [7, 11) is 1.62. The highest BCUT2D eigenvalue weighted by atomic mass is 16.5. The molecule has 3 aromatic rings. The quantitative estimate of drug-likeness (QED) is 0.752. The van der Waals surface area contributed by atoms with Crippen LogP contribution in [0.25, 0.3) is 10.9 Å². The lowest BCUT2D eigenvalue weighted by molar-refractivity contribution is 0.0746. The van der Waals surface area contributed by atoms with Gasteiger partial charge in [-0.25, -0.2) is 9.97 Å². The van der Waals surface area contributed by atoms with Gasteiger partial charge in [-0.15, -0.1) is 0 Å². The number of rotatable bonds is 3. The van der Waals surface area contributed by atoms with E-state index in [0.717, 1.165) is 16.7 Å². The van der Waals surface area contributed by atoms with Gasteiger partial charge in [0, 0.05) is 43.8 Å². The monoisotopic (exact) mass is 365 g/mol. The number of fused-ring (bicyclic) bond motifs is 1. The molecule has 1 aliphatic rings. The molecule has 0 saturated carbocycles. The van der Waals surface area contributed by atoms with Crippen LogP contribution in [0.5, 0.6) is 5.75 Å². The molecule has 27 heavy (non-hydrogen) atoms. The number of hydrogen-bond acceptors (Lipinski definition) is 6. The van der Waals surface area contributed by atoms with E-state index in [1.165, 1.54) is 18.6 Å². The lowest BCUT2D eigenvalue weighted by atomic mass is 10.2. The Balaban J connectivity index is 1.53. The van der Waals surface area contributed by atoms with Gasteiger partial charge in [0.15, 0.2) is 0 Å². The predicted molar refractivity (Wildman–Crippen MR) is 101 cm³/mol. The Morgan fingerprint density at radius 2 is 1.93 bits per heavy atom. The van der Waals surface area contributed by atoms with E-state index in [-0.39, 0.29) is 11.5 Å². The van der Waals surface area contributed by atoms with Gasteiger partial charge in [0.2, 0.25) is 5.56 Å². The molecule has 1 aliphatic heterocycles. The van der Waals surface area contributed by atoms with Gasteiger partial charge in [0.1, 0.15) is 23.4 Å². The molecule has 3 heterocycles. The van der Waals surface area contributed by atoms with Crippen LogP contribution in [0.2, 0.25) is 0 Å². The van der Waals surface area contributed by atoms with Crippen molar-refractivity contribution in [1.29, 1.82) is 0 Å². The van der Waals surface area contributed by atoms with Crippen LogP contribution in [0.3, 0.4) is 0 Å². The zero-order valence-electron chi connectivity index (χ0n) is 14.9. The van der Waals surface area contributed by atoms with Gasteiger partial charge in [-0.05, 0) is 18.2 Å². The summed E-state index contributed by atoms with van der Waals surface area (Å²) in [5, 5.41) is 0.928. The lowest BCUT2D eigenvalue weighted by Gasteiger charge is -2.35. The second-order valence-electron chi connectivity index (χ2n) is 6.27. The molecule has 138 valence electrons. The first-order chi connectivity index (χ1) is 13.2. The number of carbonyl (C=O) groups is 1. The molecule has 2 aromatic heterocycles. The summed E-state index contributed by atoms with van der Waals surface area (Å²) in [6.07, 6.45) is 3.00. The number of benzene rings is 1. The summed E-state index contributed by atoms with van der Waals surface area (Å²) in [6.45, 7) is 2.48. The van der Waals surface area contributed by atoms with Crippen LogP contribution < -0.4 is 15.2 Å². The van der Waals surface area contributed by atoms with Gasteiger partial charge in [-0.3, -0.25) is 9.59 Å². The molecular formula is C19H19N5O3. The fraction of sp³-hybridized carbons (Fsp3) is 0.263. The fourth-order valence-corrected chi connectivity index (χ4v) is 3.31. The van der Waals surface area contributed by atoms with Gasteiger partial charge in [0.05, 0.1) is 12.7 Å². The molecule has 0 radical (unpaired) electrons. The topological polar surface area (TPSA) is 91.4 Å². The van der Waals surface area contributed by atoms with E-state index in [0.29, 0.717) is 37.5 Å². The average molecular weight is 365 g/mol. The Labute approximate surface area is 155 Å². The summed E-state index contributed by atoms with van der Waals surface area (Å²) in [6, 6.07) is 8.69. The van der Waals surface area contributed by atoms with Crippen molar-refractivity contribution in [3.05, 3.63) is 58.8 Å². The van der Waals surface area contributed by atoms with Crippen molar-refractivity contribution in [2.24, 2.45) is 0 Å². The van der Waals surface area contributed by atoms with Gasteiger partial charge in [-0.2, -0.15) is 0 Å². The van der Waals surface area contributed by atoms with Crippen molar-refractivity contribution in [3.8, 4) is 5.75 Å². The second kappa shape index (κ2) is 7.06. The minimum absolute atomic E-state index is 0.0832. The Morgan fingerprint density at radius 1 is 1.11 bits per heavy atom. The normalized spacial score (nSPS) is 14.4. The highest BCUT2D eigenvalue weighted by molar-refractivity contribution is 5.95. The first-order valence-electron chi connectivity index (χ1n) is 8.68. The van der Waals surface area contributed by atoms with Crippen LogP contribution in [0.1, 0.15) is 10.4 Å². The summed E-state index contributed by atoms with van der Waals surface area (Å²) in [4.78, 5) is 39.0. The highest BCUT2D eigenvalue weighted by Crippen LogP contribution is 2.29. The first kappa shape index (κ1) is 17.0. The molecule has 1 N–H and O–H groups in total. The van der Waals surface area contributed by atoms with Gasteiger partial charge in [-0.1, -0.05) is 6.07 Å². The number of nitrogens with zero attached hydrogens (tertiary/aromatic N) is 4. The van der Waals surface area contributed by atoms with Crippen LogP contribution in [-0.4, -0.2) is 59.0 Å². The minimum Gasteiger partial charge on any atom is -0.494 e. The maximum absolute atomic E-state index is 12.6. The van der Waals surface area contributed by atoms with Gasteiger partial charge in [0.25, 0.3) is 5.91 Å². The van der Waals surface area contributed by atoms with Gasteiger partial charge >= 0.3 is 0 Å². The SMILES string of the molecule is COc1cccc2c(N3CCN(C(=O)c4ccc(=O)[nH]c4)CC3)ncnc12. The van der Waals surface area contributed by atoms with E-state index in [9.17, 15) is 9.59 Å². The van der Waals surface area contributed by atoms with Crippen LogP contribution >= 0.6 is 0 Å². The number of nitrogens with one attached hydrogen (secondary N) is 1. The van der Waals surface area contributed by atoms with E-state index in [2.05, 4.69) is 19.9 Å². The van der Waals surface area contributed by atoms with E-state index in [4.69, 9.17) is 4.74 Å². The maximum atomic E-state index is 12.6. The number of hydrogen-bond donors (Lipinski definition) is 1. The zero-order chi connectivity index (χ0) is 18.8. The Kier molecular flexibility index (Phi) is 4.45. The largest absolute Gasteiger partial charge is 0.494 e. The number of ether oxygens (including phenoxy) is 1. The van der Waals surface area contributed by atoms with E-state index < -0.39 is 0 Å². The van der Waals surface area contributed by atoms with Crippen molar-refractivity contribution < 1.29 is 9.53 Å². The van der Waals surface area contributed by atoms with Crippen LogP contribution in [0.15, 0.2) is 47.7 Å². The molecule has 0 unspecified atom stereocenters. The summed E-state index contributed by atoms with van der Waals surface area (Å²) in [5.74, 6) is 1.47. The highest BCUT2D eigenvalue weighted by Gasteiger charge is 2.24. The van der Waals surface area contributed by atoms with Crippen LogP contribution in [0, 0.1) is 0 Å². The number of pyridine rings is 1. The molecule has 0 bridgehead atoms. The summed E-state index contributed by atoms with van der Waals surface area (Å²) in [5.41, 5.74) is 1.04. The molecule has 0 spiro atoms. The molecular weight excluding hydrogens is 346 g/mol. The van der Waals surface area contributed by atoms with E-state index in [1.807, 2.05) is 18.2 Å². The van der Waals surface area contributed by atoms with Crippen molar-refractivity contribution in [3.63, 3.8) is 0 Å². The Bertz CT molecular complexity index is 1020. The first-order valence-corrected chi connectivity index (χ1v) is 8.68. The van der Waals surface area contributed by atoms with Crippen LogP contribution in [-0.2, 0) is 0 Å². The molecule has 0 aliphatic carbocycles. The van der Waals surface area contributed by atoms with E-state index >= 15 is 0 Å². The van der Waals surface area contributed by atoms with Gasteiger partial charge < -0.3 is 19.5 Å². The minimum atomic E-state index is -0.220. The molecule has 1 aromatic carbocycles. The number of methoxy groups -OCH3 is 1. The van der Waals surface area contributed by atoms with Crippen molar-refractivity contribution >= 4 is 22.6 Å². The predicted octanol–water partition coefficient (Wildman–Crippen LogP) is 1.29. The number of para-hydroxylation sites is 1. The number of H-pyrrole nitrogens is 1. The summed E-state index contributed by atoms with van der Waals surface area (Å²) >= 11 is 0. The number of anilines is 1. The smallest absolute Gasteiger partial charge is 0.255 e. The fourth-order valence-electron chi connectivity index (χ4n) is 3.31. The average Bonchev–Trinajstić information content (AvgIpc) is 2.73.